The molecule has 0 bridgehead atoms. The van der Waals surface area contributed by atoms with Crippen LogP contribution < -0.4 is 4.90 Å². The van der Waals surface area contributed by atoms with Gasteiger partial charge in [-0.1, -0.05) is 60.7 Å². The number of amides is 1. The van der Waals surface area contributed by atoms with Gasteiger partial charge in [0.15, 0.2) is 0 Å². The molecule has 5 heteroatoms. The zero-order chi connectivity index (χ0) is 20.1. The van der Waals surface area contributed by atoms with Gasteiger partial charge >= 0.3 is 0 Å². The molecule has 3 aromatic rings. The van der Waals surface area contributed by atoms with E-state index in [-0.39, 0.29) is 17.9 Å². The molecule has 0 N–H and O–H groups in total. The highest BCUT2D eigenvalue weighted by Crippen LogP contribution is 2.30. The van der Waals surface area contributed by atoms with Crippen LogP contribution in [0.2, 0.25) is 0 Å². The van der Waals surface area contributed by atoms with Crippen molar-refractivity contribution in [2.45, 2.75) is 18.9 Å². The molecule has 0 unspecified atom stereocenters. The van der Waals surface area contributed by atoms with Crippen molar-refractivity contribution in [3.05, 3.63) is 90.4 Å². The third-order valence-corrected chi connectivity index (χ3v) is 5.61. The van der Waals surface area contributed by atoms with Gasteiger partial charge in [-0.3, -0.25) is 9.78 Å². The molecule has 1 fully saturated rings. The van der Waals surface area contributed by atoms with Crippen molar-refractivity contribution in [3.8, 4) is 0 Å². The lowest BCUT2D eigenvalue weighted by Gasteiger charge is -2.37. The van der Waals surface area contributed by atoms with Crippen LogP contribution in [0.3, 0.4) is 0 Å². The van der Waals surface area contributed by atoms with Crippen LogP contribution >= 0.6 is 0 Å². The zero-order valence-electron chi connectivity index (χ0n) is 16.7. The third kappa shape index (κ3) is 4.29. The van der Waals surface area contributed by atoms with Gasteiger partial charge in [-0.15, -0.1) is 0 Å². The number of carbonyl (C=O) groups excluding carboxylic acids is 1. The predicted octanol–water partition coefficient (Wildman–Crippen LogP) is 3.94. The average Bonchev–Trinajstić information content (AvgIpc) is 2.81. The van der Waals surface area contributed by atoms with Crippen molar-refractivity contribution in [2.75, 3.05) is 25.0 Å². The number of anilines is 1. The molecule has 1 amide bonds. The summed E-state index contributed by atoms with van der Waals surface area (Å²) in [5.41, 5.74) is 2.24. The largest absolute Gasteiger partial charge is 0.355 e. The lowest BCUT2D eigenvalue weighted by atomic mass is 9.93. The summed E-state index contributed by atoms with van der Waals surface area (Å²) in [5, 5.41) is 0. The third-order valence-electron chi connectivity index (χ3n) is 5.61. The Balaban J connectivity index is 1.57. The molecule has 2 aromatic carbocycles. The zero-order valence-corrected chi connectivity index (χ0v) is 16.7. The number of nitrogens with zero attached hydrogens (tertiary/aromatic N) is 4. The first-order chi connectivity index (χ1) is 14.2. The van der Waals surface area contributed by atoms with Gasteiger partial charge in [0, 0.05) is 32.5 Å². The van der Waals surface area contributed by atoms with Gasteiger partial charge in [-0.25, -0.2) is 4.98 Å². The molecule has 1 aliphatic heterocycles. The highest BCUT2D eigenvalue weighted by atomic mass is 16.2. The summed E-state index contributed by atoms with van der Waals surface area (Å²) in [6.07, 6.45) is 7.02. The highest BCUT2D eigenvalue weighted by Gasteiger charge is 2.32. The Morgan fingerprint density at radius 3 is 2.28 bits per heavy atom. The van der Waals surface area contributed by atoms with Gasteiger partial charge in [0.25, 0.3) is 0 Å². The molecule has 29 heavy (non-hydrogen) atoms. The molecule has 0 aliphatic carbocycles. The molecule has 1 atom stereocenters. The molecule has 5 nitrogen and oxygen atoms in total. The molecule has 4 rings (SSSR count). The summed E-state index contributed by atoms with van der Waals surface area (Å²) >= 11 is 0. The van der Waals surface area contributed by atoms with E-state index in [2.05, 4.69) is 39.1 Å². The van der Waals surface area contributed by atoms with Crippen LogP contribution in [-0.2, 0) is 4.79 Å². The molecule has 0 radical (unpaired) electrons. The molecule has 1 aromatic heterocycles. The first-order valence-corrected chi connectivity index (χ1v) is 10.1. The van der Waals surface area contributed by atoms with E-state index >= 15 is 0 Å². The van der Waals surface area contributed by atoms with Gasteiger partial charge in [0.2, 0.25) is 5.91 Å². The smallest absolute Gasteiger partial charge is 0.227 e. The lowest BCUT2D eigenvalue weighted by Crippen LogP contribution is -2.45. The van der Waals surface area contributed by atoms with Crippen molar-refractivity contribution in [1.29, 1.82) is 0 Å². The summed E-state index contributed by atoms with van der Waals surface area (Å²) in [6.45, 7) is 1.59. The standard InChI is InChI=1S/C24H26N4O/c1-27(23(19-9-4-2-5-10-19)20-11-6-3-7-12-20)24(29)21-13-8-16-28(18-21)22-17-25-14-15-26-22/h2-7,9-12,14-15,17,21,23H,8,13,16,18H2,1H3/t21-/m0/s1. The van der Waals surface area contributed by atoms with Crippen LogP contribution in [0.25, 0.3) is 0 Å². The molecular weight excluding hydrogens is 360 g/mol. The second kappa shape index (κ2) is 8.86. The van der Waals surface area contributed by atoms with Gasteiger partial charge < -0.3 is 9.80 Å². The second-order valence-corrected chi connectivity index (χ2v) is 7.52. The molecule has 0 saturated carbocycles. The molecular formula is C24H26N4O. The minimum Gasteiger partial charge on any atom is -0.355 e. The van der Waals surface area contributed by atoms with Crippen molar-refractivity contribution in [1.82, 2.24) is 14.9 Å². The van der Waals surface area contributed by atoms with Gasteiger partial charge in [0.05, 0.1) is 18.2 Å². The SMILES string of the molecule is CN(C(=O)[C@H]1CCCN(c2cnccn2)C1)C(c1ccccc1)c1ccccc1. The van der Waals surface area contributed by atoms with Crippen LogP contribution in [0.15, 0.2) is 79.3 Å². The maximum atomic E-state index is 13.5. The summed E-state index contributed by atoms with van der Waals surface area (Å²) in [5.74, 6) is 0.970. The number of hydrogen-bond acceptors (Lipinski definition) is 4. The summed E-state index contributed by atoms with van der Waals surface area (Å²) in [7, 11) is 1.92. The number of rotatable bonds is 5. The Bertz CT molecular complexity index is 878. The van der Waals surface area contributed by atoms with Crippen LogP contribution in [-0.4, -0.2) is 40.9 Å². The lowest BCUT2D eigenvalue weighted by molar-refractivity contribution is -0.136. The highest BCUT2D eigenvalue weighted by molar-refractivity contribution is 5.80. The van der Waals surface area contributed by atoms with E-state index in [0.29, 0.717) is 6.54 Å². The Kier molecular flexibility index (Phi) is 5.84. The average molecular weight is 386 g/mol. The van der Waals surface area contributed by atoms with E-state index in [1.807, 2.05) is 48.3 Å². The number of aromatic nitrogens is 2. The Labute approximate surface area is 172 Å². The molecule has 1 aliphatic rings. The number of benzene rings is 2. The van der Waals surface area contributed by atoms with E-state index in [4.69, 9.17) is 0 Å². The summed E-state index contributed by atoms with van der Waals surface area (Å²) in [6, 6.07) is 20.4. The van der Waals surface area contributed by atoms with Crippen molar-refractivity contribution in [2.24, 2.45) is 5.92 Å². The number of piperidine rings is 1. The molecule has 0 spiro atoms. The second-order valence-electron chi connectivity index (χ2n) is 7.52. The van der Waals surface area contributed by atoms with Crippen LogP contribution in [0.4, 0.5) is 5.82 Å². The van der Waals surface area contributed by atoms with Crippen LogP contribution in [0, 0.1) is 5.92 Å². The Morgan fingerprint density at radius 2 is 1.69 bits per heavy atom. The van der Waals surface area contributed by atoms with E-state index < -0.39 is 0 Å². The molecule has 148 valence electrons. The first kappa shape index (κ1) is 19.1. The molecule has 1 saturated heterocycles. The van der Waals surface area contributed by atoms with Crippen LogP contribution in [0.5, 0.6) is 0 Å². The minimum absolute atomic E-state index is 0.0503. The number of carbonyl (C=O) groups is 1. The maximum absolute atomic E-state index is 13.5. The van der Waals surface area contributed by atoms with E-state index in [1.165, 1.54) is 0 Å². The fourth-order valence-electron chi connectivity index (χ4n) is 4.17. The van der Waals surface area contributed by atoms with Crippen molar-refractivity contribution in [3.63, 3.8) is 0 Å². The Hall–Kier alpha value is -3.21. The topological polar surface area (TPSA) is 49.3 Å². The minimum atomic E-state index is -0.100. The Morgan fingerprint density at radius 1 is 1.03 bits per heavy atom. The quantitative estimate of drug-likeness (QED) is 0.666. The van der Waals surface area contributed by atoms with E-state index in [0.717, 1.165) is 36.3 Å². The molecule has 2 heterocycles. The predicted molar refractivity (Wildman–Crippen MR) is 114 cm³/mol. The monoisotopic (exact) mass is 386 g/mol. The first-order valence-electron chi connectivity index (χ1n) is 10.1. The normalized spacial score (nSPS) is 16.6. The number of hydrogen-bond donors (Lipinski definition) is 0. The fraction of sp³-hybridized carbons (Fsp3) is 0.292. The summed E-state index contributed by atoms with van der Waals surface area (Å²) < 4.78 is 0. The van der Waals surface area contributed by atoms with Crippen molar-refractivity contribution >= 4 is 11.7 Å². The van der Waals surface area contributed by atoms with Gasteiger partial charge in [0.1, 0.15) is 5.82 Å². The summed E-state index contributed by atoms with van der Waals surface area (Å²) in [4.78, 5) is 26.2. The van der Waals surface area contributed by atoms with E-state index in [1.54, 1.807) is 18.6 Å². The van der Waals surface area contributed by atoms with Crippen molar-refractivity contribution < 1.29 is 4.79 Å². The van der Waals surface area contributed by atoms with Crippen LogP contribution in [0.1, 0.15) is 30.0 Å². The fourth-order valence-corrected chi connectivity index (χ4v) is 4.17. The van der Waals surface area contributed by atoms with E-state index in [9.17, 15) is 4.79 Å². The van der Waals surface area contributed by atoms with Gasteiger partial charge in [-0.2, -0.15) is 0 Å². The van der Waals surface area contributed by atoms with Gasteiger partial charge in [-0.05, 0) is 24.0 Å². The maximum Gasteiger partial charge on any atom is 0.227 e.